The number of halogens is 2. The molecule has 2 aromatic carbocycles. The van der Waals surface area contributed by atoms with E-state index in [2.05, 4.69) is 15.5 Å². The second kappa shape index (κ2) is 9.66. The minimum absolute atomic E-state index is 0.0315. The molecule has 1 aliphatic heterocycles. The summed E-state index contributed by atoms with van der Waals surface area (Å²) in [6.07, 6.45) is 2.27. The molecular weight excluding hydrogens is 381 g/mol. The van der Waals surface area contributed by atoms with Crippen molar-refractivity contribution < 1.29 is 14.0 Å². The molecule has 1 unspecified atom stereocenters. The standard InChI is InChI=1S/C21H23ClFN3O2/c22-17-7-3-5-15(11-17)19(26-9-1-2-10-26)13-24-20(27)14-25-21(28)16-6-4-8-18(23)12-16/h3-8,11-12,19H,1-2,9-10,13-14H2,(H,24,27)(H,25,28). The van der Waals surface area contributed by atoms with Crippen LogP contribution >= 0.6 is 11.6 Å². The molecule has 2 aromatic rings. The predicted molar refractivity (Wildman–Crippen MR) is 107 cm³/mol. The van der Waals surface area contributed by atoms with Crippen LogP contribution in [0, 0.1) is 5.82 Å². The molecule has 28 heavy (non-hydrogen) atoms. The molecule has 2 N–H and O–H groups in total. The molecule has 1 fully saturated rings. The van der Waals surface area contributed by atoms with Crippen LogP contribution in [-0.2, 0) is 4.79 Å². The van der Waals surface area contributed by atoms with E-state index in [-0.39, 0.29) is 24.1 Å². The van der Waals surface area contributed by atoms with E-state index in [9.17, 15) is 14.0 Å². The van der Waals surface area contributed by atoms with Crippen molar-refractivity contribution in [2.24, 2.45) is 0 Å². The molecule has 5 nitrogen and oxygen atoms in total. The molecule has 2 amide bonds. The molecule has 0 aromatic heterocycles. The van der Waals surface area contributed by atoms with E-state index in [1.54, 1.807) is 0 Å². The van der Waals surface area contributed by atoms with Crippen molar-refractivity contribution in [2.45, 2.75) is 18.9 Å². The molecule has 1 aliphatic rings. The molecule has 1 atom stereocenters. The molecule has 1 saturated heterocycles. The number of nitrogens with one attached hydrogen (secondary N) is 2. The van der Waals surface area contributed by atoms with E-state index in [1.807, 2.05) is 24.3 Å². The van der Waals surface area contributed by atoms with E-state index in [0.717, 1.165) is 37.6 Å². The minimum atomic E-state index is -0.493. The molecule has 0 bridgehead atoms. The maximum atomic E-state index is 13.2. The first-order valence-electron chi connectivity index (χ1n) is 9.33. The van der Waals surface area contributed by atoms with Crippen molar-refractivity contribution >= 4 is 23.4 Å². The summed E-state index contributed by atoms with van der Waals surface area (Å²) in [6, 6.07) is 13.0. The van der Waals surface area contributed by atoms with Crippen LogP contribution in [0.2, 0.25) is 5.02 Å². The monoisotopic (exact) mass is 403 g/mol. The Hall–Kier alpha value is -2.44. The topological polar surface area (TPSA) is 61.4 Å². The Labute approximate surface area is 168 Å². The highest BCUT2D eigenvalue weighted by molar-refractivity contribution is 6.30. The zero-order chi connectivity index (χ0) is 19.9. The molecule has 0 radical (unpaired) electrons. The lowest BCUT2D eigenvalue weighted by Gasteiger charge is -2.28. The smallest absolute Gasteiger partial charge is 0.251 e. The number of hydrogen-bond donors (Lipinski definition) is 2. The van der Waals surface area contributed by atoms with Crippen molar-refractivity contribution in [3.8, 4) is 0 Å². The van der Waals surface area contributed by atoms with Crippen LogP contribution in [0.25, 0.3) is 0 Å². The van der Waals surface area contributed by atoms with Gasteiger partial charge in [0.1, 0.15) is 5.82 Å². The van der Waals surface area contributed by atoms with E-state index in [1.165, 1.54) is 18.2 Å². The van der Waals surface area contributed by atoms with Gasteiger partial charge >= 0.3 is 0 Å². The van der Waals surface area contributed by atoms with Crippen molar-refractivity contribution in [2.75, 3.05) is 26.2 Å². The van der Waals surface area contributed by atoms with E-state index < -0.39 is 11.7 Å². The van der Waals surface area contributed by atoms with Crippen LogP contribution in [0.3, 0.4) is 0 Å². The van der Waals surface area contributed by atoms with Gasteiger partial charge < -0.3 is 10.6 Å². The fraction of sp³-hybridized carbons (Fsp3) is 0.333. The van der Waals surface area contributed by atoms with E-state index >= 15 is 0 Å². The second-order valence-corrected chi connectivity index (χ2v) is 7.25. The molecule has 0 aliphatic carbocycles. The Balaban J connectivity index is 1.55. The van der Waals surface area contributed by atoms with Crippen LogP contribution in [0.1, 0.15) is 34.8 Å². The number of carbonyl (C=O) groups excluding carboxylic acids is 2. The number of carbonyl (C=O) groups is 2. The second-order valence-electron chi connectivity index (χ2n) is 6.81. The molecule has 1 heterocycles. The van der Waals surface area contributed by atoms with Crippen molar-refractivity contribution in [3.63, 3.8) is 0 Å². The number of likely N-dealkylation sites (tertiary alicyclic amines) is 1. The molecule has 0 saturated carbocycles. The Morgan fingerprint density at radius 1 is 1.07 bits per heavy atom. The highest BCUT2D eigenvalue weighted by atomic mass is 35.5. The van der Waals surface area contributed by atoms with Gasteiger partial charge in [-0.05, 0) is 61.8 Å². The Morgan fingerprint density at radius 2 is 1.82 bits per heavy atom. The van der Waals surface area contributed by atoms with Crippen LogP contribution in [-0.4, -0.2) is 42.9 Å². The minimum Gasteiger partial charge on any atom is -0.353 e. The van der Waals surface area contributed by atoms with E-state index in [4.69, 9.17) is 11.6 Å². The average molecular weight is 404 g/mol. The summed E-state index contributed by atoms with van der Waals surface area (Å²) < 4.78 is 13.2. The fourth-order valence-corrected chi connectivity index (χ4v) is 3.59. The van der Waals surface area contributed by atoms with Gasteiger partial charge in [0, 0.05) is 17.1 Å². The summed E-state index contributed by atoms with van der Waals surface area (Å²) in [6.45, 7) is 2.21. The fourth-order valence-electron chi connectivity index (χ4n) is 3.39. The van der Waals surface area contributed by atoms with E-state index in [0.29, 0.717) is 11.6 Å². The van der Waals surface area contributed by atoms with Crippen LogP contribution in [0.15, 0.2) is 48.5 Å². The number of amides is 2. The third kappa shape index (κ3) is 5.53. The van der Waals surface area contributed by atoms with Gasteiger partial charge in [-0.25, -0.2) is 4.39 Å². The SMILES string of the molecule is O=C(CNC(=O)c1cccc(F)c1)NCC(c1cccc(Cl)c1)N1CCCC1. The van der Waals surface area contributed by atoms with Crippen molar-refractivity contribution in [1.82, 2.24) is 15.5 Å². The summed E-state index contributed by atoms with van der Waals surface area (Å²) in [5.74, 6) is -1.27. The maximum absolute atomic E-state index is 13.2. The molecule has 7 heteroatoms. The highest BCUT2D eigenvalue weighted by Crippen LogP contribution is 2.26. The van der Waals surface area contributed by atoms with Crippen molar-refractivity contribution in [1.29, 1.82) is 0 Å². The zero-order valence-corrected chi connectivity index (χ0v) is 16.2. The van der Waals surface area contributed by atoms with Gasteiger partial charge in [0.2, 0.25) is 5.91 Å². The molecule has 148 valence electrons. The summed E-state index contributed by atoms with van der Waals surface area (Å²) in [7, 11) is 0. The maximum Gasteiger partial charge on any atom is 0.251 e. The summed E-state index contributed by atoms with van der Waals surface area (Å²) >= 11 is 6.13. The number of rotatable bonds is 7. The molecular formula is C21H23ClFN3O2. The van der Waals surface area contributed by atoms with Gasteiger partial charge in [-0.3, -0.25) is 14.5 Å². The first-order chi connectivity index (χ1) is 13.5. The van der Waals surface area contributed by atoms with Gasteiger partial charge in [-0.2, -0.15) is 0 Å². The Kier molecular flexibility index (Phi) is 7.01. The zero-order valence-electron chi connectivity index (χ0n) is 15.5. The van der Waals surface area contributed by atoms with Gasteiger partial charge in [0.25, 0.3) is 5.91 Å². The summed E-state index contributed by atoms with van der Waals surface area (Å²) in [4.78, 5) is 26.6. The number of hydrogen-bond acceptors (Lipinski definition) is 3. The summed E-state index contributed by atoms with van der Waals surface area (Å²) in [5.41, 5.74) is 1.24. The largest absolute Gasteiger partial charge is 0.353 e. The lowest BCUT2D eigenvalue weighted by Crippen LogP contribution is -2.41. The third-order valence-electron chi connectivity index (χ3n) is 4.80. The van der Waals surface area contributed by atoms with Crippen molar-refractivity contribution in [3.05, 3.63) is 70.5 Å². The normalized spacial score (nSPS) is 15.2. The van der Waals surface area contributed by atoms with Gasteiger partial charge in [-0.1, -0.05) is 29.8 Å². The number of nitrogens with zero attached hydrogens (tertiary/aromatic N) is 1. The first kappa shape index (κ1) is 20.3. The lowest BCUT2D eigenvalue weighted by molar-refractivity contribution is -0.120. The molecule has 3 rings (SSSR count). The lowest BCUT2D eigenvalue weighted by atomic mass is 10.1. The molecule has 0 spiro atoms. The Bertz CT molecular complexity index is 840. The van der Waals surface area contributed by atoms with Gasteiger partial charge in [-0.15, -0.1) is 0 Å². The number of benzene rings is 2. The van der Waals surface area contributed by atoms with Crippen LogP contribution < -0.4 is 10.6 Å². The van der Waals surface area contributed by atoms with Gasteiger partial charge in [0.15, 0.2) is 0 Å². The summed E-state index contributed by atoms with van der Waals surface area (Å²) in [5, 5.41) is 6.06. The first-order valence-corrected chi connectivity index (χ1v) is 9.71. The van der Waals surface area contributed by atoms with Gasteiger partial charge in [0.05, 0.1) is 12.6 Å². The van der Waals surface area contributed by atoms with Crippen LogP contribution in [0.5, 0.6) is 0 Å². The highest BCUT2D eigenvalue weighted by Gasteiger charge is 2.24. The third-order valence-corrected chi connectivity index (χ3v) is 5.04. The predicted octanol–water partition coefficient (Wildman–Crippen LogP) is 3.16. The Morgan fingerprint density at radius 3 is 2.54 bits per heavy atom. The van der Waals surface area contributed by atoms with Crippen LogP contribution in [0.4, 0.5) is 4.39 Å². The quantitative estimate of drug-likeness (QED) is 0.746. The average Bonchev–Trinajstić information content (AvgIpc) is 3.21.